The lowest BCUT2D eigenvalue weighted by Crippen LogP contribution is -2.36. The van der Waals surface area contributed by atoms with Crippen LogP contribution < -0.4 is 14.2 Å². The predicted octanol–water partition coefficient (Wildman–Crippen LogP) is 3.58. The molecule has 0 fully saturated rings. The number of ether oxygens (including phenoxy) is 3. The molecular formula is C25H22O8. The van der Waals surface area contributed by atoms with Gasteiger partial charge in [-0.1, -0.05) is 24.3 Å². The van der Waals surface area contributed by atoms with E-state index in [2.05, 4.69) is 0 Å². The summed E-state index contributed by atoms with van der Waals surface area (Å²) in [5.74, 6) is -0.111. The van der Waals surface area contributed by atoms with E-state index in [-0.39, 0.29) is 35.2 Å². The molecule has 0 aliphatic carbocycles. The summed E-state index contributed by atoms with van der Waals surface area (Å²) in [6, 6.07) is 13.8. The van der Waals surface area contributed by atoms with Crippen molar-refractivity contribution in [3.05, 3.63) is 77.4 Å². The van der Waals surface area contributed by atoms with Crippen molar-refractivity contribution in [2.75, 3.05) is 13.7 Å². The molecule has 0 radical (unpaired) electrons. The van der Waals surface area contributed by atoms with Crippen molar-refractivity contribution >= 4 is 11.9 Å². The van der Waals surface area contributed by atoms with Gasteiger partial charge < -0.3 is 34.6 Å². The maximum atomic E-state index is 12.4. The van der Waals surface area contributed by atoms with Crippen LogP contribution in [0.4, 0.5) is 0 Å². The summed E-state index contributed by atoms with van der Waals surface area (Å²) in [5, 5.41) is 39.4. The molecule has 8 nitrogen and oxygen atoms in total. The number of phenolic OH excluding ortho intramolecular Hbond substituents is 3. The van der Waals surface area contributed by atoms with Gasteiger partial charge in [0.1, 0.15) is 17.1 Å². The van der Waals surface area contributed by atoms with Gasteiger partial charge in [0.25, 0.3) is 0 Å². The van der Waals surface area contributed by atoms with Crippen LogP contribution in [0.2, 0.25) is 0 Å². The zero-order chi connectivity index (χ0) is 23.5. The molecule has 3 aromatic carbocycles. The van der Waals surface area contributed by atoms with E-state index in [1.54, 1.807) is 30.3 Å². The summed E-state index contributed by atoms with van der Waals surface area (Å²) in [5.41, 5.74) is 1.07. The van der Waals surface area contributed by atoms with E-state index in [0.717, 1.165) is 0 Å². The Morgan fingerprint density at radius 3 is 2.42 bits per heavy atom. The standard InChI is InChI=1S/C25H22O8/c1-31-21-12-15(7-9-16(21)27)25-23(13-26)32-20-10-6-14(11-22(20)33-25)5-8-19(30)24-17(28)3-2-4-18(24)29/h2-12,23,25-29H,13H2,1H3/b8-5+. The lowest BCUT2D eigenvalue weighted by molar-refractivity contribution is -0.0124. The molecule has 1 aliphatic heterocycles. The van der Waals surface area contributed by atoms with Gasteiger partial charge in [-0.05, 0) is 48.0 Å². The topological polar surface area (TPSA) is 126 Å². The molecule has 8 heteroatoms. The van der Waals surface area contributed by atoms with Gasteiger partial charge in [-0.25, -0.2) is 0 Å². The average molecular weight is 450 g/mol. The van der Waals surface area contributed by atoms with E-state index in [9.17, 15) is 25.2 Å². The van der Waals surface area contributed by atoms with Gasteiger partial charge >= 0.3 is 0 Å². The number of hydrogen-bond acceptors (Lipinski definition) is 8. The summed E-state index contributed by atoms with van der Waals surface area (Å²) in [4.78, 5) is 12.4. The minimum atomic E-state index is -0.682. The van der Waals surface area contributed by atoms with E-state index in [4.69, 9.17) is 14.2 Å². The van der Waals surface area contributed by atoms with Crippen LogP contribution in [0.1, 0.15) is 27.6 Å². The minimum Gasteiger partial charge on any atom is -0.507 e. The molecule has 170 valence electrons. The SMILES string of the molecule is COc1cc(C2Oc3cc(/C=C/C(=O)c4c(O)cccc4O)ccc3OC2CO)ccc1O. The first-order valence-electron chi connectivity index (χ1n) is 10.1. The smallest absolute Gasteiger partial charge is 0.193 e. The highest BCUT2D eigenvalue weighted by molar-refractivity contribution is 6.10. The maximum Gasteiger partial charge on any atom is 0.193 e. The van der Waals surface area contributed by atoms with Crippen molar-refractivity contribution in [1.82, 2.24) is 0 Å². The third-order valence-electron chi connectivity index (χ3n) is 5.24. The molecule has 0 saturated carbocycles. The normalized spacial score (nSPS) is 17.2. The molecule has 2 unspecified atom stereocenters. The Kier molecular flexibility index (Phi) is 6.10. The van der Waals surface area contributed by atoms with Crippen molar-refractivity contribution in [2.24, 2.45) is 0 Å². The molecule has 33 heavy (non-hydrogen) atoms. The summed E-state index contributed by atoms with van der Waals surface area (Å²) in [6.07, 6.45) is 1.41. The van der Waals surface area contributed by atoms with E-state index in [1.807, 2.05) is 0 Å². The molecule has 4 N–H and O–H groups in total. The van der Waals surface area contributed by atoms with Crippen molar-refractivity contribution in [3.63, 3.8) is 0 Å². The quantitative estimate of drug-likeness (QED) is 0.332. The van der Waals surface area contributed by atoms with Crippen molar-refractivity contribution in [3.8, 4) is 34.5 Å². The van der Waals surface area contributed by atoms with E-state index in [1.165, 1.54) is 43.5 Å². The van der Waals surface area contributed by atoms with Crippen LogP contribution in [0.25, 0.3) is 6.08 Å². The number of methoxy groups -OCH3 is 1. The number of fused-ring (bicyclic) bond motifs is 1. The van der Waals surface area contributed by atoms with Gasteiger partial charge in [-0.3, -0.25) is 4.79 Å². The van der Waals surface area contributed by atoms with E-state index >= 15 is 0 Å². The zero-order valence-corrected chi connectivity index (χ0v) is 17.6. The van der Waals surface area contributed by atoms with Gasteiger partial charge in [0.2, 0.25) is 0 Å². The monoisotopic (exact) mass is 450 g/mol. The fourth-order valence-electron chi connectivity index (χ4n) is 3.58. The molecule has 0 bridgehead atoms. The highest BCUT2D eigenvalue weighted by Gasteiger charge is 2.33. The van der Waals surface area contributed by atoms with Crippen LogP contribution in [-0.4, -0.2) is 46.0 Å². The minimum absolute atomic E-state index is 0.0218. The second-order valence-corrected chi connectivity index (χ2v) is 7.38. The fourth-order valence-corrected chi connectivity index (χ4v) is 3.58. The predicted molar refractivity (Wildman–Crippen MR) is 119 cm³/mol. The molecule has 4 rings (SSSR count). The molecule has 1 aliphatic rings. The molecule has 1 heterocycles. The number of aromatic hydroxyl groups is 3. The van der Waals surface area contributed by atoms with Crippen molar-refractivity contribution in [2.45, 2.75) is 12.2 Å². The number of carbonyl (C=O) groups is 1. The molecule has 0 saturated heterocycles. The lowest BCUT2D eigenvalue weighted by atomic mass is 10.0. The van der Waals surface area contributed by atoms with Crippen LogP contribution in [0.15, 0.2) is 60.7 Å². The average Bonchev–Trinajstić information content (AvgIpc) is 2.82. The number of phenols is 3. The van der Waals surface area contributed by atoms with Crippen LogP contribution >= 0.6 is 0 Å². The van der Waals surface area contributed by atoms with Gasteiger partial charge in [-0.2, -0.15) is 0 Å². The molecule has 0 spiro atoms. The van der Waals surface area contributed by atoms with Gasteiger partial charge in [-0.15, -0.1) is 0 Å². The molecule has 3 aromatic rings. The first-order valence-corrected chi connectivity index (χ1v) is 10.1. The summed E-state index contributed by atoms with van der Waals surface area (Å²) < 4.78 is 17.2. The number of ketones is 1. The maximum absolute atomic E-state index is 12.4. The Balaban J connectivity index is 1.60. The zero-order valence-electron chi connectivity index (χ0n) is 17.6. The fraction of sp³-hybridized carbons (Fsp3) is 0.160. The largest absolute Gasteiger partial charge is 0.507 e. The molecule has 0 aromatic heterocycles. The van der Waals surface area contributed by atoms with Crippen LogP contribution in [0, 0.1) is 0 Å². The summed E-state index contributed by atoms with van der Waals surface area (Å²) in [7, 11) is 1.44. The number of rotatable bonds is 6. The summed E-state index contributed by atoms with van der Waals surface area (Å²) >= 11 is 0. The molecular weight excluding hydrogens is 428 g/mol. The number of carbonyl (C=O) groups excluding carboxylic acids is 1. The van der Waals surface area contributed by atoms with Crippen LogP contribution in [-0.2, 0) is 0 Å². The second kappa shape index (κ2) is 9.13. The Bertz CT molecular complexity index is 1200. The number of aliphatic hydroxyl groups excluding tert-OH is 1. The molecule has 0 amide bonds. The van der Waals surface area contributed by atoms with E-state index in [0.29, 0.717) is 22.6 Å². The first-order chi connectivity index (χ1) is 15.9. The Labute approximate surface area is 189 Å². The van der Waals surface area contributed by atoms with Crippen molar-refractivity contribution in [1.29, 1.82) is 0 Å². The van der Waals surface area contributed by atoms with Gasteiger partial charge in [0, 0.05) is 5.56 Å². The Morgan fingerprint density at radius 1 is 0.970 bits per heavy atom. The van der Waals surface area contributed by atoms with E-state index < -0.39 is 18.0 Å². The highest BCUT2D eigenvalue weighted by atomic mass is 16.6. The van der Waals surface area contributed by atoms with Crippen LogP contribution in [0.5, 0.6) is 34.5 Å². The molecule has 2 atom stereocenters. The number of allylic oxidation sites excluding steroid dienone is 1. The second-order valence-electron chi connectivity index (χ2n) is 7.38. The summed E-state index contributed by atoms with van der Waals surface area (Å²) in [6.45, 7) is -0.298. The van der Waals surface area contributed by atoms with Gasteiger partial charge in [0.05, 0.1) is 13.7 Å². The third-order valence-corrected chi connectivity index (χ3v) is 5.24. The van der Waals surface area contributed by atoms with Gasteiger partial charge in [0.15, 0.2) is 41.0 Å². The highest BCUT2D eigenvalue weighted by Crippen LogP contribution is 2.41. The Hall–Kier alpha value is -4.17. The van der Waals surface area contributed by atoms with Crippen molar-refractivity contribution < 1.29 is 39.4 Å². The Morgan fingerprint density at radius 2 is 1.73 bits per heavy atom. The third kappa shape index (κ3) is 4.42. The number of hydrogen-bond donors (Lipinski definition) is 4. The number of aliphatic hydroxyl groups is 1. The number of benzene rings is 3. The first kappa shape index (κ1) is 22.0. The van der Waals surface area contributed by atoms with Crippen LogP contribution in [0.3, 0.4) is 0 Å². The lowest BCUT2D eigenvalue weighted by Gasteiger charge is -2.33.